The Morgan fingerprint density at radius 3 is 2.16 bits per heavy atom. The van der Waals surface area contributed by atoms with E-state index >= 15 is 0 Å². The maximum Gasteiger partial charge on any atom is 0.306 e. The molecule has 0 aromatic heterocycles. The predicted molar refractivity (Wildman–Crippen MR) is 117 cm³/mol. The third-order valence-electron chi connectivity index (χ3n) is 5.08. The molecular weight excluding hydrogens is 396 g/mol. The summed E-state index contributed by atoms with van der Waals surface area (Å²) in [6.45, 7) is 0.976. The minimum atomic E-state index is -0.595. The molecule has 0 heterocycles. The van der Waals surface area contributed by atoms with E-state index < -0.39 is 18.5 Å². The van der Waals surface area contributed by atoms with Crippen molar-refractivity contribution >= 4 is 34.9 Å². The van der Waals surface area contributed by atoms with Gasteiger partial charge in [-0.25, -0.2) is 0 Å². The zero-order chi connectivity index (χ0) is 22.2. The second kappa shape index (κ2) is 10.5. The molecular formula is C24H26N2O5. The van der Waals surface area contributed by atoms with Crippen LogP contribution in [0.4, 0.5) is 11.4 Å². The molecule has 162 valence electrons. The summed E-state index contributed by atoms with van der Waals surface area (Å²) in [4.78, 5) is 47.3. The molecule has 7 nitrogen and oxygen atoms in total. The largest absolute Gasteiger partial charge is 0.456 e. The first kappa shape index (κ1) is 22.2. The van der Waals surface area contributed by atoms with Crippen molar-refractivity contribution in [3.05, 3.63) is 59.2 Å². The van der Waals surface area contributed by atoms with Gasteiger partial charge in [0, 0.05) is 30.3 Å². The van der Waals surface area contributed by atoms with Gasteiger partial charge in [-0.2, -0.15) is 0 Å². The number of rotatable bonds is 8. The fourth-order valence-electron chi connectivity index (χ4n) is 3.52. The fourth-order valence-corrected chi connectivity index (χ4v) is 3.52. The first-order valence-corrected chi connectivity index (χ1v) is 10.4. The number of nitrogens with one attached hydrogen (secondary N) is 2. The van der Waals surface area contributed by atoms with Crippen LogP contribution in [0.5, 0.6) is 0 Å². The molecule has 2 aromatic carbocycles. The second-order valence-electron chi connectivity index (χ2n) is 7.58. The number of carbonyl (C=O) groups excluding carboxylic acids is 4. The molecule has 1 aliphatic rings. The number of amides is 2. The van der Waals surface area contributed by atoms with Crippen LogP contribution in [0.1, 0.15) is 54.1 Å². The van der Waals surface area contributed by atoms with Crippen molar-refractivity contribution in [3.63, 3.8) is 0 Å². The van der Waals surface area contributed by atoms with Gasteiger partial charge in [-0.3, -0.25) is 19.2 Å². The molecule has 0 saturated carbocycles. The molecule has 2 N–H and O–H groups in total. The number of anilines is 2. The van der Waals surface area contributed by atoms with Crippen molar-refractivity contribution in [2.75, 3.05) is 17.2 Å². The van der Waals surface area contributed by atoms with Crippen molar-refractivity contribution in [1.29, 1.82) is 0 Å². The molecule has 31 heavy (non-hydrogen) atoms. The van der Waals surface area contributed by atoms with Crippen molar-refractivity contribution < 1.29 is 23.9 Å². The highest BCUT2D eigenvalue weighted by atomic mass is 16.5. The first-order chi connectivity index (χ1) is 14.9. The highest BCUT2D eigenvalue weighted by Crippen LogP contribution is 2.23. The second-order valence-corrected chi connectivity index (χ2v) is 7.58. The molecule has 1 aliphatic carbocycles. The van der Waals surface area contributed by atoms with Gasteiger partial charge < -0.3 is 15.4 Å². The van der Waals surface area contributed by atoms with Gasteiger partial charge in [0.15, 0.2) is 12.4 Å². The Kier molecular flexibility index (Phi) is 7.54. The lowest BCUT2D eigenvalue weighted by Gasteiger charge is -2.16. The van der Waals surface area contributed by atoms with E-state index in [1.165, 1.54) is 24.5 Å². The highest BCUT2D eigenvalue weighted by Gasteiger charge is 2.15. The number of aryl methyl sites for hydroxylation is 2. The van der Waals surface area contributed by atoms with E-state index in [2.05, 4.69) is 10.6 Å². The average molecular weight is 422 g/mol. The lowest BCUT2D eigenvalue weighted by Crippen LogP contribution is -2.21. The van der Waals surface area contributed by atoms with Gasteiger partial charge in [0.05, 0.1) is 6.42 Å². The highest BCUT2D eigenvalue weighted by molar-refractivity contribution is 5.98. The third-order valence-corrected chi connectivity index (χ3v) is 5.08. The SMILES string of the molecule is CC(=O)Nc1ccc(NC(=O)COC(=O)CCC(=O)c2ccc3c(c2)CCCC3)cc1. The van der Waals surface area contributed by atoms with Gasteiger partial charge in [-0.15, -0.1) is 0 Å². The summed E-state index contributed by atoms with van der Waals surface area (Å²) in [5.74, 6) is -1.37. The van der Waals surface area contributed by atoms with Gasteiger partial charge in [0.25, 0.3) is 5.91 Å². The standard InChI is InChI=1S/C24H26N2O5/c1-16(27)25-20-8-10-21(11-9-20)26-23(29)15-31-24(30)13-12-22(28)19-7-6-17-4-2-3-5-18(17)14-19/h6-11,14H,2-5,12-13,15H2,1H3,(H,25,27)(H,26,29). The van der Waals surface area contributed by atoms with Crippen LogP contribution in [0.15, 0.2) is 42.5 Å². The maximum atomic E-state index is 12.4. The topological polar surface area (TPSA) is 102 Å². The molecule has 0 radical (unpaired) electrons. The fraction of sp³-hybridized carbons (Fsp3) is 0.333. The zero-order valence-electron chi connectivity index (χ0n) is 17.5. The van der Waals surface area contributed by atoms with Crippen LogP contribution >= 0.6 is 0 Å². The third kappa shape index (κ3) is 6.77. The van der Waals surface area contributed by atoms with E-state index in [1.807, 2.05) is 18.2 Å². The zero-order valence-corrected chi connectivity index (χ0v) is 17.5. The Morgan fingerprint density at radius 1 is 0.839 bits per heavy atom. The van der Waals surface area contributed by atoms with Crippen molar-refractivity contribution in [1.82, 2.24) is 0 Å². The Balaban J connectivity index is 1.40. The minimum Gasteiger partial charge on any atom is -0.456 e. The predicted octanol–water partition coefficient (Wildman–Crippen LogP) is 3.67. The molecule has 3 rings (SSSR count). The van der Waals surface area contributed by atoms with Crippen molar-refractivity contribution in [3.8, 4) is 0 Å². The number of Topliss-reactive ketones (excluding diaryl/α,β-unsaturated/α-hetero) is 1. The van der Waals surface area contributed by atoms with E-state index in [4.69, 9.17) is 4.74 Å². The summed E-state index contributed by atoms with van der Waals surface area (Å²) >= 11 is 0. The van der Waals surface area contributed by atoms with Gasteiger partial charge in [0.2, 0.25) is 5.91 Å². The molecule has 0 aliphatic heterocycles. The van der Waals surface area contributed by atoms with Crippen LogP contribution in [-0.4, -0.2) is 30.2 Å². The number of benzene rings is 2. The number of hydrogen-bond donors (Lipinski definition) is 2. The molecule has 0 atom stereocenters. The molecule has 0 fully saturated rings. The summed E-state index contributed by atoms with van der Waals surface area (Å²) < 4.78 is 4.97. The molecule has 7 heteroatoms. The Bertz CT molecular complexity index is 982. The summed E-state index contributed by atoms with van der Waals surface area (Å²) in [5, 5.41) is 5.23. The normalized spacial score (nSPS) is 12.4. The molecule has 0 saturated heterocycles. The van der Waals surface area contributed by atoms with Crippen LogP contribution in [0.25, 0.3) is 0 Å². The van der Waals surface area contributed by atoms with E-state index in [-0.39, 0.29) is 24.5 Å². The van der Waals surface area contributed by atoms with Crippen LogP contribution in [0.3, 0.4) is 0 Å². The minimum absolute atomic E-state index is 0.0455. The summed E-state index contributed by atoms with van der Waals surface area (Å²) in [6.07, 6.45) is 4.33. The molecule has 2 amide bonds. The van der Waals surface area contributed by atoms with E-state index in [1.54, 1.807) is 24.3 Å². The molecule has 0 unspecified atom stereocenters. The quantitative estimate of drug-likeness (QED) is 0.499. The number of hydrogen-bond acceptors (Lipinski definition) is 5. The van der Waals surface area contributed by atoms with Crippen molar-refractivity contribution in [2.24, 2.45) is 0 Å². The monoisotopic (exact) mass is 422 g/mol. The Hall–Kier alpha value is -3.48. The van der Waals surface area contributed by atoms with E-state index in [9.17, 15) is 19.2 Å². The number of fused-ring (bicyclic) bond motifs is 1. The van der Waals surface area contributed by atoms with Crippen LogP contribution in [0, 0.1) is 0 Å². The van der Waals surface area contributed by atoms with Gasteiger partial charge in [-0.1, -0.05) is 12.1 Å². The summed E-state index contributed by atoms with van der Waals surface area (Å²) in [6, 6.07) is 12.3. The number of esters is 1. The maximum absolute atomic E-state index is 12.4. The van der Waals surface area contributed by atoms with Crippen LogP contribution in [-0.2, 0) is 32.0 Å². The first-order valence-electron chi connectivity index (χ1n) is 10.4. The van der Waals surface area contributed by atoms with Crippen LogP contribution < -0.4 is 10.6 Å². The number of carbonyl (C=O) groups is 4. The van der Waals surface area contributed by atoms with Crippen LogP contribution in [0.2, 0.25) is 0 Å². The number of ketones is 1. The smallest absolute Gasteiger partial charge is 0.306 e. The van der Waals surface area contributed by atoms with E-state index in [0.29, 0.717) is 16.9 Å². The van der Waals surface area contributed by atoms with E-state index in [0.717, 1.165) is 19.3 Å². The molecule has 0 bridgehead atoms. The van der Waals surface area contributed by atoms with Gasteiger partial charge in [-0.05, 0) is 67.1 Å². The molecule has 0 spiro atoms. The summed E-state index contributed by atoms with van der Waals surface area (Å²) in [5.41, 5.74) is 4.27. The lowest BCUT2D eigenvalue weighted by molar-refractivity contribution is -0.147. The lowest BCUT2D eigenvalue weighted by atomic mass is 9.89. The molecule has 2 aromatic rings. The average Bonchev–Trinajstić information content (AvgIpc) is 2.76. The Morgan fingerprint density at radius 2 is 1.48 bits per heavy atom. The van der Waals surface area contributed by atoms with Gasteiger partial charge in [0.1, 0.15) is 0 Å². The Labute approximate surface area is 181 Å². The summed E-state index contributed by atoms with van der Waals surface area (Å²) in [7, 11) is 0. The number of ether oxygens (including phenoxy) is 1. The van der Waals surface area contributed by atoms with Gasteiger partial charge >= 0.3 is 5.97 Å². The van der Waals surface area contributed by atoms with Crippen molar-refractivity contribution in [2.45, 2.75) is 45.4 Å².